The van der Waals surface area contributed by atoms with Crippen molar-refractivity contribution in [2.45, 2.75) is 37.9 Å². The molecule has 0 aromatic heterocycles. The number of nitrogen functional groups attached to an aromatic ring is 2. The topological polar surface area (TPSA) is 112 Å². The average molecular weight is 347 g/mol. The van der Waals surface area contributed by atoms with E-state index in [-0.39, 0.29) is 5.92 Å². The van der Waals surface area contributed by atoms with Crippen molar-refractivity contribution in [1.82, 2.24) is 0 Å². The van der Waals surface area contributed by atoms with Crippen LogP contribution >= 0.6 is 0 Å². The molecule has 24 heavy (non-hydrogen) atoms. The number of anilines is 2. The molecule has 6 heteroatoms. The van der Waals surface area contributed by atoms with E-state index < -0.39 is 15.3 Å². The molecule has 0 saturated heterocycles. The van der Waals surface area contributed by atoms with Crippen LogP contribution in [0.15, 0.2) is 42.5 Å². The van der Waals surface area contributed by atoms with Gasteiger partial charge in [0.1, 0.15) is 0 Å². The number of sulfonamides is 1. The molecule has 130 valence electrons. The summed E-state index contributed by atoms with van der Waals surface area (Å²) in [6.07, 6.45) is 1.32. The Kier molecular flexibility index (Phi) is 5.51. The van der Waals surface area contributed by atoms with Crippen LogP contribution in [0, 0.1) is 0 Å². The molecule has 2 unspecified atom stereocenters. The zero-order chi connectivity index (χ0) is 17.9. The van der Waals surface area contributed by atoms with E-state index in [1.807, 2.05) is 24.3 Å². The molecule has 2 rings (SSSR count). The van der Waals surface area contributed by atoms with Crippen molar-refractivity contribution in [3.05, 3.63) is 48.0 Å². The molecule has 0 aliphatic heterocycles. The first-order chi connectivity index (χ1) is 11.2. The number of benzene rings is 2. The summed E-state index contributed by atoms with van der Waals surface area (Å²) in [5.74, 6) is 0.264. The van der Waals surface area contributed by atoms with E-state index in [9.17, 15) is 8.42 Å². The van der Waals surface area contributed by atoms with E-state index in [1.165, 1.54) is 5.56 Å². The van der Waals surface area contributed by atoms with Gasteiger partial charge in [0, 0.05) is 0 Å². The van der Waals surface area contributed by atoms with Gasteiger partial charge in [-0.1, -0.05) is 37.3 Å². The zero-order valence-corrected chi connectivity index (χ0v) is 14.9. The summed E-state index contributed by atoms with van der Waals surface area (Å²) >= 11 is 0. The third-order valence-electron chi connectivity index (χ3n) is 4.47. The Morgan fingerprint density at radius 2 is 1.46 bits per heavy atom. The highest BCUT2D eigenvalue weighted by atomic mass is 32.2. The van der Waals surface area contributed by atoms with Crippen molar-refractivity contribution in [3.8, 4) is 11.1 Å². The van der Waals surface area contributed by atoms with Gasteiger partial charge in [-0.3, -0.25) is 0 Å². The fourth-order valence-electron chi connectivity index (χ4n) is 2.57. The number of hydrogen-bond donors (Lipinski definition) is 3. The Labute approximate surface area is 143 Å². The first-order valence-electron chi connectivity index (χ1n) is 7.95. The first kappa shape index (κ1) is 18.3. The SMILES string of the molecule is CC(CCC(C)S(N)(=O)=O)c1ccc(-c2ccc(N)c(N)c2)cc1. The lowest BCUT2D eigenvalue weighted by atomic mass is 9.93. The van der Waals surface area contributed by atoms with Crippen LogP contribution in [-0.4, -0.2) is 13.7 Å². The Morgan fingerprint density at radius 3 is 2.00 bits per heavy atom. The summed E-state index contributed by atoms with van der Waals surface area (Å²) in [6.45, 7) is 3.74. The van der Waals surface area contributed by atoms with Gasteiger partial charge in [-0.2, -0.15) is 0 Å². The smallest absolute Gasteiger partial charge is 0.211 e. The summed E-state index contributed by atoms with van der Waals surface area (Å²) in [6, 6.07) is 13.8. The van der Waals surface area contributed by atoms with Crippen molar-refractivity contribution in [1.29, 1.82) is 0 Å². The van der Waals surface area contributed by atoms with Gasteiger partial charge in [0.15, 0.2) is 0 Å². The molecule has 0 amide bonds. The zero-order valence-electron chi connectivity index (χ0n) is 14.1. The van der Waals surface area contributed by atoms with Crippen LogP contribution in [0.4, 0.5) is 11.4 Å². The van der Waals surface area contributed by atoms with Gasteiger partial charge in [-0.05, 0) is 54.5 Å². The van der Waals surface area contributed by atoms with E-state index in [0.717, 1.165) is 17.5 Å². The first-order valence-corrected chi connectivity index (χ1v) is 9.56. The van der Waals surface area contributed by atoms with Crippen molar-refractivity contribution in [2.24, 2.45) is 5.14 Å². The minimum atomic E-state index is -3.45. The largest absolute Gasteiger partial charge is 0.397 e. The highest BCUT2D eigenvalue weighted by molar-refractivity contribution is 7.89. The Hall–Kier alpha value is -2.05. The molecule has 0 aliphatic carbocycles. The molecule has 0 bridgehead atoms. The molecule has 0 heterocycles. The molecule has 2 aromatic carbocycles. The van der Waals surface area contributed by atoms with Crippen molar-refractivity contribution < 1.29 is 8.42 Å². The molecule has 0 saturated carbocycles. The fourth-order valence-corrected chi connectivity index (χ4v) is 3.04. The van der Waals surface area contributed by atoms with E-state index in [4.69, 9.17) is 16.6 Å². The minimum absolute atomic E-state index is 0.264. The van der Waals surface area contributed by atoms with Crippen LogP contribution in [0.25, 0.3) is 11.1 Å². The molecule has 0 fully saturated rings. The van der Waals surface area contributed by atoms with Gasteiger partial charge < -0.3 is 11.5 Å². The third kappa shape index (κ3) is 4.49. The third-order valence-corrected chi connectivity index (χ3v) is 5.82. The maximum atomic E-state index is 11.3. The van der Waals surface area contributed by atoms with Gasteiger partial charge >= 0.3 is 0 Å². The molecule has 2 aromatic rings. The summed E-state index contributed by atoms with van der Waals surface area (Å²) < 4.78 is 22.6. The predicted octanol–water partition coefficient (Wildman–Crippen LogP) is 3.08. The second-order valence-electron chi connectivity index (χ2n) is 6.34. The molecule has 5 nitrogen and oxygen atoms in total. The van der Waals surface area contributed by atoms with Crippen molar-refractivity contribution >= 4 is 21.4 Å². The van der Waals surface area contributed by atoms with Gasteiger partial charge in [-0.15, -0.1) is 0 Å². The summed E-state index contributed by atoms with van der Waals surface area (Å²) in [7, 11) is -3.45. The molecule has 0 aliphatic rings. The van der Waals surface area contributed by atoms with Crippen LogP contribution in [0.2, 0.25) is 0 Å². The monoisotopic (exact) mass is 347 g/mol. The van der Waals surface area contributed by atoms with Crippen LogP contribution in [-0.2, 0) is 10.0 Å². The van der Waals surface area contributed by atoms with Crippen molar-refractivity contribution in [3.63, 3.8) is 0 Å². The maximum Gasteiger partial charge on any atom is 0.211 e. The van der Waals surface area contributed by atoms with Crippen molar-refractivity contribution in [2.75, 3.05) is 11.5 Å². The van der Waals surface area contributed by atoms with E-state index >= 15 is 0 Å². The van der Waals surface area contributed by atoms with Crippen LogP contribution < -0.4 is 16.6 Å². The van der Waals surface area contributed by atoms with Gasteiger partial charge in [0.2, 0.25) is 10.0 Å². The van der Waals surface area contributed by atoms with Gasteiger partial charge in [0.25, 0.3) is 0 Å². The van der Waals surface area contributed by atoms with E-state index in [0.29, 0.717) is 17.8 Å². The maximum absolute atomic E-state index is 11.3. The summed E-state index contributed by atoms with van der Waals surface area (Å²) in [5.41, 5.74) is 16.0. The second-order valence-corrected chi connectivity index (χ2v) is 8.33. The summed E-state index contributed by atoms with van der Waals surface area (Å²) in [5, 5.41) is 4.65. The quantitative estimate of drug-likeness (QED) is 0.697. The molecule has 0 spiro atoms. The minimum Gasteiger partial charge on any atom is -0.397 e. The van der Waals surface area contributed by atoms with E-state index in [1.54, 1.807) is 13.0 Å². The van der Waals surface area contributed by atoms with Crippen LogP contribution in [0.3, 0.4) is 0 Å². The Morgan fingerprint density at radius 1 is 0.875 bits per heavy atom. The molecule has 6 N–H and O–H groups in total. The lowest BCUT2D eigenvalue weighted by Crippen LogP contribution is -2.26. The molecular formula is C18H25N3O2S. The standard InChI is InChI=1S/C18H25N3O2S/c1-12(3-4-13(2)24(21,22)23)14-5-7-15(8-6-14)16-9-10-17(19)18(20)11-16/h5-13H,3-4,19-20H2,1-2H3,(H2,21,22,23). The highest BCUT2D eigenvalue weighted by Crippen LogP contribution is 2.28. The number of primary sulfonamides is 1. The Balaban J connectivity index is 2.07. The van der Waals surface area contributed by atoms with Crippen LogP contribution in [0.1, 0.15) is 38.2 Å². The number of hydrogen-bond acceptors (Lipinski definition) is 4. The van der Waals surface area contributed by atoms with Crippen LogP contribution in [0.5, 0.6) is 0 Å². The second kappa shape index (κ2) is 7.23. The fraction of sp³-hybridized carbons (Fsp3) is 0.333. The number of nitrogens with two attached hydrogens (primary N) is 3. The molecule has 0 radical (unpaired) electrons. The lowest BCUT2D eigenvalue weighted by molar-refractivity contribution is 0.562. The van der Waals surface area contributed by atoms with Gasteiger partial charge in [0.05, 0.1) is 16.6 Å². The number of rotatable bonds is 6. The van der Waals surface area contributed by atoms with Gasteiger partial charge in [-0.25, -0.2) is 13.6 Å². The molecular weight excluding hydrogens is 322 g/mol. The lowest BCUT2D eigenvalue weighted by Gasteiger charge is -2.15. The Bertz CT molecular complexity index is 802. The van der Waals surface area contributed by atoms with E-state index in [2.05, 4.69) is 19.1 Å². The summed E-state index contributed by atoms with van der Waals surface area (Å²) in [4.78, 5) is 0. The molecule has 2 atom stereocenters. The highest BCUT2D eigenvalue weighted by Gasteiger charge is 2.17. The predicted molar refractivity (Wildman–Crippen MR) is 101 cm³/mol. The normalized spacial score (nSPS) is 14.3. The average Bonchev–Trinajstić information content (AvgIpc) is 2.54.